The number of rotatable bonds is 10. The summed E-state index contributed by atoms with van der Waals surface area (Å²) in [4.78, 5) is 29.1. The zero-order valence-corrected chi connectivity index (χ0v) is 20.5. The molecule has 1 saturated heterocycles. The molecule has 0 aromatic heterocycles. The molecule has 0 radical (unpaired) electrons. The van der Waals surface area contributed by atoms with Crippen molar-refractivity contribution in [1.82, 2.24) is 9.80 Å². The van der Waals surface area contributed by atoms with Crippen LogP contribution in [0.1, 0.15) is 32.8 Å². The molecular formula is C25H32N2O5S. The molecule has 1 aliphatic heterocycles. The number of urea groups is 1. The third-order valence-corrected chi connectivity index (χ3v) is 5.84. The van der Waals surface area contributed by atoms with Crippen LogP contribution in [0.3, 0.4) is 0 Å². The second-order valence-electron chi connectivity index (χ2n) is 8.54. The fraction of sp³-hybridized carbons (Fsp3) is 0.440. The van der Waals surface area contributed by atoms with E-state index in [-0.39, 0.29) is 12.1 Å². The number of thiol groups is 1. The number of nitrogens with zero attached hydrogens (tertiary/aromatic N) is 2. The Bertz CT molecular complexity index is 946. The molecule has 0 saturated carbocycles. The van der Waals surface area contributed by atoms with Crippen LogP contribution in [0.4, 0.5) is 4.79 Å². The lowest BCUT2D eigenvalue weighted by atomic mass is 10.1. The van der Waals surface area contributed by atoms with Gasteiger partial charge in [0.15, 0.2) is 5.60 Å². The van der Waals surface area contributed by atoms with Gasteiger partial charge in [-0.25, -0.2) is 9.59 Å². The second-order valence-corrected chi connectivity index (χ2v) is 9.05. The molecular weight excluding hydrogens is 440 g/mol. The Morgan fingerprint density at radius 3 is 2.36 bits per heavy atom. The average molecular weight is 473 g/mol. The number of amides is 2. The first-order valence-electron chi connectivity index (χ1n) is 11.1. The number of benzene rings is 2. The van der Waals surface area contributed by atoms with E-state index in [1.54, 1.807) is 49.9 Å². The maximum absolute atomic E-state index is 12.6. The minimum atomic E-state index is -1.07. The van der Waals surface area contributed by atoms with Crippen LogP contribution in [-0.4, -0.2) is 60.2 Å². The second kappa shape index (κ2) is 10.8. The van der Waals surface area contributed by atoms with E-state index in [4.69, 9.17) is 14.2 Å². The molecule has 2 aromatic rings. The van der Waals surface area contributed by atoms with Crippen molar-refractivity contribution >= 4 is 24.6 Å². The summed E-state index contributed by atoms with van der Waals surface area (Å²) in [5.74, 6) is 0.850. The van der Waals surface area contributed by atoms with Gasteiger partial charge < -0.3 is 24.0 Å². The van der Waals surface area contributed by atoms with Crippen LogP contribution >= 0.6 is 12.6 Å². The first-order chi connectivity index (χ1) is 15.7. The highest BCUT2D eigenvalue weighted by Crippen LogP contribution is 2.24. The number of carbonyl (C=O) groups excluding carboxylic acids is 2. The Balaban J connectivity index is 1.47. The highest BCUT2D eigenvalue weighted by Gasteiger charge is 2.34. The Hall–Kier alpha value is -2.87. The topological polar surface area (TPSA) is 68.3 Å². The average Bonchev–Trinajstić information content (AvgIpc) is 3.04. The van der Waals surface area contributed by atoms with E-state index >= 15 is 0 Å². The molecule has 2 aromatic carbocycles. The van der Waals surface area contributed by atoms with Crippen molar-refractivity contribution in [1.29, 1.82) is 0 Å². The van der Waals surface area contributed by atoms with Crippen LogP contribution in [0.5, 0.6) is 11.5 Å². The zero-order valence-electron chi connectivity index (χ0n) is 19.6. The summed E-state index contributed by atoms with van der Waals surface area (Å²) in [5, 5.41) is 0. The SMILES string of the molecule is CCOC(=O)C(C)(C)Oc1ccc(OCCC2CN(Cc3ccc(S)cc3)C(=O)N2C)cc1. The van der Waals surface area contributed by atoms with Gasteiger partial charge in [-0.05, 0) is 62.7 Å². The third kappa shape index (κ3) is 6.57. The number of likely N-dealkylation sites (N-methyl/N-ethyl adjacent to an activating group) is 1. The Morgan fingerprint density at radius 1 is 1.09 bits per heavy atom. The normalized spacial score (nSPS) is 16.2. The first-order valence-corrected chi connectivity index (χ1v) is 11.5. The van der Waals surface area contributed by atoms with Gasteiger partial charge in [0.1, 0.15) is 11.5 Å². The minimum absolute atomic E-state index is 0.0284. The summed E-state index contributed by atoms with van der Waals surface area (Å²) < 4.78 is 16.7. The highest BCUT2D eigenvalue weighted by molar-refractivity contribution is 7.80. The summed E-state index contributed by atoms with van der Waals surface area (Å²) in [5.41, 5.74) is 0.0124. The quantitative estimate of drug-likeness (QED) is 0.410. The van der Waals surface area contributed by atoms with Crippen molar-refractivity contribution in [2.75, 3.05) is 26.8 Å². The van der Waals surface area contributed by atoms with E-state index in [2.05, 4.69) is 12.6 Å². The smallest absolute Gasteiger partial charge is 0.349 e. The van der Waals surface area contributed by atoms with Crippen molar-refractivity contribution in [3.63, 3.8) is 0 Å². The molecule has 8 heteroatoms. The maximum Gasteiger partial charge on any atom is 0.349 e. The summed E-state index contributed by atoms with van der Waals surface area (Å²) in [6.07, 6.45) is 0.725. The number of esters is 1. The van der Waals surface area contributed by atoms with Gasteiger partial charge in [-0.1, -0.05) is 12.1 Å². The van der Waals surface area contributed by atoms with Crippen LogP contribution in [0.15, 0.2) is 53.4 Å². The van der Waals surface area contributed by atoms with E-state index in [1.807, 2.05) is 36.2 Å². The van der Waals surface area contributed by atoms with E-state index < -0.39 is 11.6 Å². The van der Waals surface area contributed by atoms with Crippen LogP contribution in [0, 0.1) is 0 Å². The van der Waals surface area contributed by atoms with Crippen LogP contribution in [0.25, 0.3) is 0 Å². The van der Waals surface area contributed by atoms with Crippen LogP contribution < -0.4 is 9.47 Å². The van der Waals surface area contributed by atoms with Crippen LogP contribution in [-0.2, 0) is 16.1 Å². The molecule has 33 heavy (non-hydrogen) atoms. The molecule has 0 N–H and O–H groups in total. The lowest BCUT2D eigenvalue weighted by Crippen LogP contribution is -2.39. The fourth-order valence-corrected chi connectivity index (χ4v) is 3.78. The molecule has 178 valence electrons. The molecule has 1 heterocycles. The van der Waals surface area contributed by atoms with Gasteiger partial charge in [0.05, 0.1) is 19.3 Å². The molecule has 3 rings (SSSR count). The third-order valence-electron chi connectivity index (χ3n) is 5.54. The first kappa shape index (κ1) is 24.8. The summed E-state index contributed by atoms with van der Waals surface area (Å²) in [6.45, 7) is 7.15. The van der Waals surface area contributed by atoms with E-state index in [9.17, 15) is 9.59 Å². The van der Waals surface area contributed by atoms with E-state index in [0.29, 0.717) is 37.8 Å². The Morgan fingerprint density at radius 2 is 1.73 bits per heavy atom. The lowest BCUT2D eigenvalue weighted by molar-refractivity contribution is -0.158. The largest absolute Gasteiger partial charge is 0.494 e. The number of carbonyl (C=O) groups is 2. The summed E-state index contributed by atoms with van der Waals surface area (Å²) in [6, 6.07) is 15.1. The summed E-state index contributed by atoms with van der Waals surface area (Å²) in [7, 11) is 1.83. The fourth-order valence-electron chi connectivity index (χ4n) is 3.63. The van der Waals surface area contributed by atoms with Gasteiger partial charge in [0, 0.05) is 31.5 Å². The predicted molar refractivity (Wildman–Crippen MR) is 129 cm³/mol. The van der Waals surface area contributed by atoms with Gasteiger partial charge >= 0.3 is 12.0 Å². The number of hydrogen-bond acceptors (Lipinski definition) is 6. The Labute approximate surface area is 201 Å². The number of hydrogen-bond donors (Lipinski definition) is 1. The molecule has 2 amide bonds. The van der Waals surface area contributed by atoms with Crippen LogP contribution in [0.2, 0.25) is 0 Å². The molecule has 1 atom stereocenters. The van der Waals surface area contributed by atoms with Gasteiger partial charge in [-0.15, -0.1) is 12.6 Å². The van der Waals surface area contributed by atoms with Crippen molar-refractivity contribution < 1.29 is 23.8 Å². The predicted octanol–water partition coefficient (Wildman–Crippen LogP) is 4.40. The zero-order chi connectivity index (χ0) is 24.0. The van der Waals surface area contributed by atoms with Gasteiger partial charge in [-0.3, -0.25) is 0 Å². The van der Waals surface area contributed by atoms with Crippen molar-refractivity contribution in [3.8, 4) is 11.5 Å². The highest BCUT2D eigenvalue weighted by atomic mass is 32.1. The molecule has 1 aliphatic rings. The van der Waals surface area contributed by atoms with Gasteiger partial charge in [-0.2, -0.15) is 0 Å². The van der Waals surface area contributed by atoms with E-state index in [0.717, 1.165) is 16.9 Å². The molecule has 7 nitrogen and oxygen atoms in total. The number of ether oxygens (including phenoxy) is 3. The van der Waals surface area contributed by atoms with Gasteiger partial charge in [0.25, 0.3) is 0 Å². The molecule has 0 bridgehead atoms. The minimum Gasteiger partial charge on any atom is -0.494 e. The molecule has 1 unspecified atom stereocenters. The monoisotopic (exact) mass is 472 g/mol. The Kier molecular flexibility index (Phi) is 8.13. The maximum atomic E-state index is 12.6. The van der Waals surface area contributed by atoms with Crippen molar-refractivity contribution in [3.05, 3.63) is 54.1 Å². The summed E-state index contributed by atoms with van der Waals surface area (Å²) >= 11 is 4.31. The van der Waals surface area contributed by atoms with E-state index in [1.165, 1.54) is 0 Å². The van der Waals surface area contributed by atoms with Gasteiger partial charge in [0.2, 0.25) is 0 Å². The lowest BCUT2D eigenvalue weighted by Gasteiger charge is -2.24. The molecule has 0 spiro atoms. The van der Waals surface area contributed by atoms with Crippen molar-refractivity contribution in [2.45, 2.75) is 50.3 Å². The standard InChI is InChI=1S/C25H32N2O5S/c1-5-30-23(28)25(2,3)32-21-10-8-20(9-11-21)31-15-14-19-17-27(24(29)26(19)4)16-18-6-12-22(33)13-7-18/h6-13,19,33H,5,14-17H2,1-4H3. The molecule has 1 fully saturated rings. The molecule has 0 aliphatic carbocycles. The van der Waals surface area contributed by atoms with Crippen molar-refractivity contribution in [2.24, 2.45) is 0 Å².